The molecule has 7 nitrogen and oxygen atoms in total. The largest absolute Gasteiger partial charge is 0.480 e. The highest BCUT2D eigenvalue weighted by Crippen LogP contribution is 2.32. The van der Waals surface area contributed by atoms with E-state index in [1.165, 1.54) is 148 Å². The molecule has 0 saturated heterocycles. The number of hydrogen-bond donors (Lipinski definition) is 4. The lowest BCUT2D eigenvalue weighted by molar-refractivity contribution is -0.145. The summed E-state index contributed by atoms with van der Waals surface area (Å²) in [6.45, 7) is 7.05. The Morgan fingerprint density at radius 3 is 1.27 bits per heavy atom. The minimum atomic E-state index is -1.09. The molecule has 0 heterocycles. The lowest BCUT2D eigenvalue weighted by atomic mass is 9.86. The molecule has 1 amide bonds. The predicted octanol–water partition coefficient (Wildman–Crippen LogP) is 11.9. The van der Waals surface area contributed by atoms with Crippen molar-refractivity contribution in [3.05, 3.63) is 0 Å². The molecule has 286 valence electrons. The molecule has 0 saturated carbocycles. The quantitative estimate of drug-likeness (QED) is 0.0379. The van der Waals surface area contributed by atoms with Crippen LogP contribution >= 0.6 is 0 Å². The van der Waals surface area contributed by atoms with Crippen LogP contribution in [0.4, 0.5) is 4.79 Å². The summed E-state index contributed by atoms with van der Waals surface area (Å²) in [6, 6.07) is -0.835. The molecule has 0 spiro atoms. The van der Waals surface area contributed by atoms with Crippen LogP contribution in [0.25, 0.3) is 0 Å². The van der Waals surface area contributed by atoms with Gasteiger partial charge in [-0.25, -0.2) is 4.79 Å². The molecule has 0 aromatic carbocycles. The molecule has 0 fully saturated rings. The number of nitrogens with two attached hydrogens (primary N) is 2. The number of hydrogen-bond acceptors (Lipinski definition) is 5. The Morgan fingerprint density at radius 2 is 0.938 bits per heavy atom. The van der Waals surface area contributed by atoms with Crippen molar-refractivity contribution in [3.63, 3.8) is 0 Å². The highest BCUT2D eigenvalue weighted by molar-refractivity contribution is 5.73. The first-order valence-corrected chi connectivity index (χ1v) is 21.0. The van der Waals surface area contributed by atoms with Crippen molar-refractivity contribution in [2.24, 2.45) is 17.4 Å². The molecular weight excluding hydrogens is 598 g/mol. The van der Waals surface area contributed by atoms with Gasteiger partial charge in [0.1, 0.15) is 6.04 Å². The van der Waals surface area contributed by atoms with Crippen LogP contribution in [-0.4, -0.2) is 35.5 Å². The molecule has 48 heavy (non-hydrogen) atoms. The molecule has 6 N–H and O–H groups in total. The average Bonchev–Trinajstić information content (AvgIpc) is 3.06. The Balaban J connectivity index is 4.70. The van der Waals surface area contributed by atoms with Crippen LogP contribution in [-0.2, 0) is 9.53 Å². The van der Waals surface area contributed by atoms with E-state index >= 15 is 0 Å². The zero-order chi connectivity index (χ0) is 35.6. The van der Waals surface area contributed by atoms with E-state index in [4.69, 9.17) is 16.2 Å². The number of nitrogens with one attached hydrogen (secondary N) is 1. The number of ether oxygens (including phenoxy) is 1. The van der Waals surface area contributed by atoms with Gasteiger partial charge in [0.15, 0.2) is 5.72 Å². The van der Waals surface area contributed by atoms with Crippen molar-refractivity contribution < 1.29 is 19.4 Å². The van der Waals surface area contributed by atoms with E-state index in [1.807, 2.05) is 0 Å². The molecular formula is C41H83N3O4. The molecule has 2 unspecified atom stereocenters. The molecule has 3 atom stereocenters. The number of carboxylic acids is 1. The maximum atomic E-state index is 12.2. The van der Waals surface area contributed by atoms with Gasteiger partial charge in [-0.2, -0.15) is 0 Å². The number of carbonyl (C=O) groups is 2. The van der Waals surface area contributed by atoms with Gasteiger partial charge in [-0.05, 0) is 32.2 Å². The first-order valence-electron chi connectivity index (χ1n) is 21.0. The fraction of sp³-hybridized carbons (Fsp3) is 0.951. The standard InChI is InChI=1S/C41H83N3O4/c1-4-6-8-10-12-14-16-18-20-22-24-26-28-30-33-37(3)41(48-40(43)47,44-38(39(45)46)34-32-36-42)35-31-29-27-25-23-21-19-17-15-13-11-9-7-5-2/h37-38,44H,4-36,42H2,1-3H3,(H2,43,47)(H,45,46)/t37?,38-,41?/m0/s1. The number of unbranched alkanes of at least 4 members (excludes halogenated alkanes) is 26. The van der Waals surface area contributed by atoms with Gasteiger partial charge in [-0.3, -0.25) is 10.1 Å². The van der Waals surface area contributed by atoms with Gasteiger partial charge in [0, 0.05) is 12.3 Å². The highest BCUT2D eigenvalue weighted by Gasteiger charge is 2.42. The minimum absolute atomic E-state index is 0.0518. The Labute approximate surface area is 298 Å². The second-order valence-corrected chi connectivity index (χ2v) is 14.9. The second-order valence-electron chi connectivity index (χ2n) is 14.9. The molecule has 0 aliphatic heterocycles. The number of amides is 1. The fourth-order valence-electron chi connectivity index (χ4n) is 7.16. The zero-order valence-electron chi connectivity index (χ0n) is 32.3. The second kappa shape index (κ2) is 34.1. The third kappa shape index (κ3) is 27.5. The van der Waals surface area contributed by atoms with E-state index in [1.54, 1.807) is 0 Å². The topological polar surface area (TPSA) is 128 Å². The first kappa shape index (κ1) is 46.7. The molecule has 0 radical (unpaired) electrons. The van der Waals surface area contributed by atoms with Crippen LogP contribution in [0.15, 0.2) is 0 Å². The van der Waals surface area contributed by atoms with Gasteiger partial charge in [0.2, 0.25) is 0 Å². The number of primary amides is 1. The lowest BCUT2D eigenvalue weighted by Gasteiger charge is -2.41. The van der Waals surface area contributed by atoms with Gasteiger partial charge in [0.05, 0.1) is 0 Å². The SMILES string of the molecule is CCCCCCCCCCCCCCCCC(C)C(CCCCCCCCCCCCCCCC)(N[C@@H](CCCN)C(=O)O)OC(N)=O. The summed E-state index contributed by atoms with van der Waals surface area (Å²) in [5, 5.41) is 13.3. The predicted molar refractivity (Wildman–Crippen MR) is 205 cm³/mol. The summed E-state index contributed by atoms with van der Waals surface area (Å²) >= 11 is 0. The van der Waals surface area contributed by atoms with Crippen molar-refractivity contribution in [2.45, 2.75) is 238 Å². The summed E-state index contributed by atoms with van der Waals surface area (Å²) in [4.78, 5) is 24.4. The summed E-state index contributed by atoms with van der Waals surface area (Å²) in [6.07, 6.45) is 37.6. The number of rotatable bonds is 38. The van der Waals surface area contributed by atoms with Crippen LogP contribution < -0.4 is 16.8 Å². The minimum Gasteiger partial charge on any atom is -0.480 e. The van der Waals surface area contributed by atoms with Crippen molar-refractivity contribution in [2.75, 3.05) is 6.54 Å². The van der Waals surface area contributed by atoms with Crippen LogP contribution in [0.1, 0.15) is 226 Å². The lowest BCUT2D eigenvalue weighted by Crippen LogP contribution is -2.60. The summed E-state index contributed by atoms with van der Waals surface area (Å²) < 4.78 is 5.88. The van der Waals surface area contributed by atoms with E-state index < -0.39 is 23.8 Å². The fourth-order valence-corrected chi connectivity index (χ4v) is 7.16. The van der Waals surface area contributed by atoms with Gasteiger partial charge in [-0.15, -0.1) is 0 Å². The van der Waals surface area contributed by atoms with E-state index in [0.29, 0.717) is 25.8 Å². The van der Waals surface area contributed by atoms with Gasteiger partial charge >= 0.3 is 12.1 Å². The van der Waals surface area contributed by atoms with Gasteiger partial charge in [0.25, 0.3) is 0 Å². The number of carboxylic acid groups (broad SMARTS) is 1. The highest BCUT2D eigenvalue weighted by atomic mass is 16.6. The normalized spacial score (nSPS) is 14.1. The molecule has 0 aliphatic rings. The van der Waals surface area contributed by atoms with Crippen LogP contribution in [0.3, 0.4) is 0 Å². The maximum Gasteiger partial charge on any atom is 0.406 e. The molecule has 0 aromatic heterocycles. The Morgan fingerprint density at radius 1 is 0.583 bits per heavy atom. The summed E-state index contributed by atoms with van der Waals surface area (Å²) in [5.74, 6) is -0.991. The van der Waals surface area contributed by atoms with E-state index in [9.17, 15) is 14.7 Å². The van der Waals surface area contributed by atoms with Crippen LogP contribution in [0.2, 0.25) is 0 Å². The third-order valence-electron chi connectivity index (χ3n) is 10.4. The molecule has 0 rings (SSSR count). The van der Waals surface area contributed by atoms with Crippen molar-refractivity contribution in [1.82, 2.24) is 5.32 Å². The van der Waals surface area contributed by atoms with Crippen molar-refractivity contribution in [1.29, 1.82) is 0 Å². The Bertz CT molecular complexity index is 722. The van der Waals surface area contributed by atoms with Gasteiger partial charge in [-0.1, -0.05) is 194 Å². The molecule has 0 aromatic rings. The maximum absolute atomic E-state index is 12.2. The van der Waals surface area contributed by atoms with Gasteiger partial charge < -0.3 is 21.3 Å². The zero-order valence-corrected chi connectivity index (χ0v) is 32.3. The van der Waals surface area contributed by atoms with Crippen LogP contribution in [0.5, 0.6) is 0 Å². The van der Waals surface area contributed by atoms with E-state index in [2.05, 4.69) is 26.1 Å². The summed E-state index contributed by atoms with van der Waals surface area (Å²) in [7, 11) is 0. The van der Waals surface area contributed by atoms with E-state index in [0.717, 1.165) is 38.5 Å². The third-order valence-corrected chi connectivity index (χ3v) is 10.4. The van der Waals surface area contributed by atoms with Crippen molar-refractivity contribution in [3.8, 4) is 0 Å². The first-order chi connectivity index (χ1) is 23.3. The monoisotopic (exact) mass is 682 g/mol. The van der Waals surface area contributed by atoms with Crippen molar-refractivity contribution >= 4 is 12.1 Å². The Hall–Kier alpha value is -1.34. The summed E-state index contributed by atoms with van der Waals surface area (Å²) in [5.41, 5.74) is 10.3. The average molecular weight is 682 g/mol. The Kier molecular flexibility index (Phi) is 33.2. The van der Waals surface area contributed by atoms with E-state index in [-0.39, 0.29) is 5.92 Å². The molecule has 0 aliphatic carbocycles. The number of carbonyl (C=O) groups excluding carboxylic acids is 1. The number of aliphatic carboxylic acids is 1. The smallest absolute Gasteiger partial charge is 0.406 e. The molecule has 7 heteroatoms. The van der Waals surface area contributed by atoms with Crippen LogP contribution in [0, 0.1) is 5.92 Å². The molecule has 0 bridgehead atoms.